The van der Waals surface area contributed by atoms with E-state index in [-0.39, 0.29) is 11.9 Å². The number of aromatic nitrogens is 4. The maximum absolute atomic E-state index is 12.9. The summed E-state index contributed by atoms with van der Waals surface area (Å²) in [4.78, 5) is 19.3. The van der Waals surface area contributed by atoms with E-state index in [1.165, 1.54) is 0 Å². The quantitative estimate of drug-likeness (QED) is 0.736. The fraction of sp³-hybridized carbons (Fsp3) is 0.316. The minimum Gasteiger partial charge on any atom is -0.331 e. The summed E-state index contributed by atoms with van der Waals surface area (Å²) in [6.07, 6.45) is 6.14. The monoisotopic (exact) mass is 335 g/mol. The van der Waals surface area contributed by atoms with Crippen LogP contribution in [0, 0.1) is 6.92 Å². The number of aryl methyl sites for hydroxylation is 2. The summed E-state index contributed by atoms with van der Waals surface area (Å²) < 4.78 is 3.97. The van der Waals surface area contributed by atoms with Crippen molar-refractivity contribution in [3.05, 3.63) is 72.1 Å². The number of carbonyl (C=O) groups is 1. The zero-order valence-corrected chi connectivity index (χ0v) is 14.2. The molecule has 0 N–H and O–H groups in total. The van der Waals surface area contributed by atoms with Gasteiger partial charge in [0.05, 0.1) is 18.3 Å². The molecule has 2 aromatic heterocycles. The molecule has 1 atom stereocenters. The van der Waals surface area contributed by atoms with E-state index >= 15 is 0 Å². The van der Waals surface area contributed by atoms with Gasteiger partial charge in [0.1, 0.15) is 5.82 Å². The van der Waals surface area contributed by atoms with Crippen molar-refractivity contribution in [1.82, 2.24) is 24.2 Å². The lowest BCUT2D eigenvalue weighted by Crippen LogP contribution is -2.41. The topological polar surface area (TPSA) is 56.0 Å². The van der Waals surface area contributed by atoms with Gasteiger partial charge in [-0.1, -0.05) is 30.3 Å². The van der Waals surface area contributed by atoms with Crippen LogP contribution >= 0.6 is 0 Å². The van der Waals surface area contributed by atoms with Gasteiger partial charge in [-0.15, -0.1) is 0 Å². The lowest BCUT2D eigenvalue weighted by Gasteiger charge is -2.36. The summed E-state index contributed by atoms with van der Waals surface area (Å²) in [5, 5.41) is 4.36. The third-order valence-electron chi connectivity index (χ3n) is 4.69. The molecule has 0 bridgehead atoms. The fourth-order valence-electron chi connectivity index (χ4n) is 3.37. The SMILES string of the molecule is Cc1ccn(CCC(=O)N2Cc3nccn3CC2c2ccccc2)n1. The van der Waals surface area contributed by atoms with E-state index in [1.807, 2.05) is 53.2 Å². The molecule has 25 heavy (non-hydrogen) atoms. The van der Waals surface area contributed by atoms with Crippen molar-refractivity contribution >= 4 is 5.91 Å². The van der Waals surface area contributed by atoms with Gasteiger partial charge >= 0.3 is 0 Å². The first kappa shape index (κ1) is 15.6. The average Bonchev–Trinajstić information content (AvgIpc) is 3.27. The van der Waals surface area contributed by atoms with Gasteiger partial charge in [-0.05, 0) is 18.6 Å². The molecule has 0 aliphatic carbocycles. The second-order valence-corrected chi connectivity index (χ2v) is 6.41. The third-order valence-corrected chi connectivity index (χ3v) is 4.69. The van der Waals surface area contributed by atoms with E-state index < -0.39 is 0 Å². The van der Waals surface area contributed by atoms with Crippen LogP contribution in [0.2, 0.25) is 0 Å². The van der Waals surface area contributed by atoms with Crippen molar-refractivity contribution in [2.24, 2.45) is 0 Å². The highest BCUT2D eigenvalue weighted by molar-refractivity contribution is 5.76. The summed E-state index contributed by atoms with van der Waals surface area (Å²) in [5.74, 6) is 1.08. The number of fused-ring (bicyclic) bond motifs is 1. The summed E-state index contributed by atoms with van der Waals surface area (Å²) in [6.45, 7) is 3.84. The molecule has 0 radical (unpaired) electrons. The lowest BCUT2D eigenvalue weighted by molar-refractivity contribution is -0.136. The molecule has 6 nitrogen and oxygen atoms in total. The third kappa shape index (κ3) is 3.20. The molecular formula is C19H21N5O. The van der Waals surface area contributed by atoms with Gasteiger partial charge in [0.25, 0.3) is 0 Å². The molecule has 1 aliphatic heterocycles. The molecule has 1 amide bonds. The van der Waals surface area contributed by atoms with Gasteiger partial charge < -0.3 is 9.47 Å². The fourth-order valence-corrected chi connectivity index (χ4v) is 3.37. The average molecular weight is 335 g/mol. The number of hydrogen-bond acceptors (Lipinski definition) is 3. The van der Waals surface area contributed by atoms with Crippen LogP contribution in [0.1, 0.15) is 29.5 Å². The van der Waals surface area contributed by atoms with E-state index in [0.29, 0.717) is 19.5 Å². The highest BCUT2D eigenvalue weighted by Gasteiger charge is 2.31. The molecule has 1 aromatic carbocycles. The summed E-state index contributed by atoms with van der Waals surface area (Å²) in [7, 11) is 0. The van der Waals surface area contributed by atoms with Gasteiger partial charge in [-0.3, -0.25) is 9.48 Å². The molecule has 4 rings (SSSR count). The molecule has 0 spiro atoms. The number of rotatable bonds is 4. The number of nitrogens with zero attached hydrogens (tertiary/aromatic N) is 5. The molecule has 128 valence electrons. The molecule has 3 aromatic rings. The highest BCUT2D eigenvalue weighted by Crippen LogP contribution is 2.29. The molecule has 6 heteroatoms. The van der Waals surface area contributed by atoms with Crippen LogP contribution < -0.4 is 0 Å². The molecule has 0 saturated carbocycles. The van der Waals surface area contributed by atoms with Crippen LogP contribution in [0.25, 0.3) is 0 Å². The molecular weight excluding hydrogens is 314 g/mol. The zero-order valence-electron chi connectivity index (χ0n) is 14.2. The minimum absolute atomic E-state index is 0.0368. The number of carbonyl (C=O) groups excluding carboxylic acids is 1. The molecule has 3 heterocycles. The first-order chi connectivity index (χ1) is 12.2. The Kier molecular flexibility index (Phi) is 4.09. The maximum atomic E-state index is 12.9. The van der Waals surface area contributed by atoms with Crippen molar-refractivity contribution in [3.63, 3.8) is 0 Å². The predicted molar refractivity (Wildman–Crippen MR) is 93.5 cm³/mol. The second-order valence-electron chi connectivity index (χ2n) is 6.41. The molecule has 0 fully saturated rings. The van der Waals surface area contributed by atoms with Gasteiger partial charge in [-0.2, -0.15) is 5.10 Å². The molecule has 1 unspecified atom stereocenters. The Bertz CT molecular complexity index is 867. The number of imidazole rings is 1. The van der Waals surface area contributed by atoms with E-state index in [4.69, 9.17) is 0 Å². The van der Waals surface area contributed by atoms with Crippen LogP contribution in [0.4, 0.5) is 0 Å². The van der Waals surface area contributed by atoms with Crippen molar-refractivity contribution in [2.75, 3.05) is 0 Å². The van der Waals surface area contributed by atoms with Crippen LogP contribution in [0.5, 0.6) is 0 Å². The van der Waals surface area contributed by atoms with Crippen LogP contribution in [-0.2, 0) is 24.4 Å². The first-order valence-electron chi connectivity index (χ1n) is 8.55. The zero-order chi connectivity index (χ0) is 17.2. The number of amides is 1. The first-order valence-corrected chi connectivity index (χ1v) is 8.55. The molecule has 0 saturated heterocycles. The van der Waals surface area contributed by atoms with Gasteiger partial charge in [0.15, 0.2) is 0 Å². The van der Waals surface area contributed by atoms with Gasteiger partial charge in [0, 0.05) is 38.1 Å². The maximum Gasteiger partial charge on any atom is 0.225 e. The van der Waals surface area contributed by atoms with Crippen molar-refractivity contribution < 1.29 is 4.79 Å². The number of hydrogen-bond donors (Lipinski definition) is 0. The van der Waals surface area contributed by atoms with Crippen molar-refractivity contribution in [1.29, 1.82) is 0 Å². The van der Waals surface area contributed by atoms with Crippen LogP contribution in [-0.4, -0.2) is 30.1 Å². The Morgan fingerprint density at radius 3 is 2.80 bits per heavy atom. The smallest absolute Gasteiger partial charge is 0.225 e. The van der Waals surface area contributed by atoms with Gasteiger partial charge in [-0.25, -0.2) is 4.98 Å². The minimum atomic E-state index is 0.0368. The van der Waals surface area contributed by atoms with Crippen LogP contribution in [0.3, 0.4) is 0 Å². The van der Waals surface area contributed by atoms with E-state index in [9.17, 15) is 4.79 Å². The summed E-state index contributed by atoms with van der Waals surface area (Å²) >= 11 is 0. The Morgan fingerprint density at radius 1 is 1.20 bits per heavy atom. The van der Waals surface area contributed by atoms with E-state index in [2.05, 4.69) is 26.8 Å². The Labute approximate surface area is 146 Å². The predicted octanol–water partition coefficient (Wildman–Crippen LogP) is 2.56. The Balaban J connectivity index is 1.55. The largest absolute Gasteiger partial charge is 0.331 e. The second kappa shape index (κ2) is 6.55. The Hall–Kier alpha value is -2.89. The Morgan fingerprint density at radius 2 is 2.04 bits per heavy atom. The van der Waals surface area contributed by atoms with E-state index in [1.54, 1.807) is 6.20 Å². The van der Waals surface area contributed by atoms with E-state index in [0.717, 1.165) is 23.6 Å². The van der Waals surface area contributed by atoms with Gasteiger partial charge in [0.2, 0.25) is 5.91 Å². The van der Waals surface area contributed by atoms with Crippen molar-refractivity contribution in [2.45, 2.75) is 39.0 Å². The van der Waals surface area contributed by atoms with Crippen LogP contribution in [0.15, 0.2) is 55.0 Å². The summed E-state index contributed by atoms with van der Waals surface area (Å²) in [5.41, 5.74) is 2.12. The van der Waals surface area contributed by atoms with Crippen molar-refractivity contribution in [3.8, 4) is 0 Å². The molecule has 1 aliphatic rings. The lowest BCUT2D eigenvalue weighted by atomic mass is 10.0. The number of benzene rings is 1. The standard InChI is InChI=1S/C19H21N5O/c1-15-7-10-23(21-15)11-8-19(25)24-14-18-20-9-12-22(18)13-17(24)16-5-3-2-4-6-16/h2-7,9-10,12,17H,8,11,13-14H2,1H3. The normalized spacial score (nSPS) is 16.7. The summed E-state index contributed by atoms with van der Waals surface area (Å²) in [6, 6.07) is 12.2. The highest BCUT2D eigenvalue weighted by atomic mass is 16.2.